The number of nitro benzene ring substituents is 1. The fourth-order valence-electron chi connectivity index (χ4n) is 2.71. The summed E-state index contributed by atoms with van der Waals surface area (Å²) in [5, 5.41) is 16.3. The van der Waals surface area contributed by atoms with Crippen LogP contribution in [0.3, 0.4) is 0 Å². The maximum atomic E-state index is 11.4. The van der Waals surface area contributed by atoms with Gasteiger partial charge in [-0.2, -0.15) is 0 Å². The third kappa shape index (κ3) is 4.88. The smallest absolute Gasteiger partial charge is 0.293 e. The number of morpholine rings is 1. The first-order chi connectivity index (χ1) is 13.1. The zero-order valence-corrected chi connectivity index (χ0v) is 15.8. The van der Waals surface area contributed by atoms with Gasteiger partial charge < -0.3 is 14.5 Å². The van der Waals surface area contributed by atoms with Gasteiger partial charge in [0.25, 0.3) is 5.69 Å². The van der Waals surface area contributed by atoms with Gasteiger partial charge in [-0.25, -0.2) is 0 Å². The number of rotatable bonds is 6. The molecular weight excluding hydrogens is 393 g/mol. The summed E-state index contributed by atoms with van der Waals surface area (Å²) in [6.45, 7) is 2.45. The lowest BCUT2D eigenvalue weighted by Gasteiger charge is -2.28. The Bertz CT molecular complexity index is 834. The first kappa shape index (κ1) is 19.4. The monoisotopic (exact) mass is 409 g/mol. The molecule has 0 aromatic heterocycles. The Morgan fingerprint density at radius 1 is 1.22 bits per heavy atom. The summed E-state index contributed by atoms with van der Waals surface area (Å²) in [4.78, 5) is 18.2. The molecule has 1 saturated heterocycles. The van der Waals surface area contributed by atoms with Crippen molar-refractivity contribution in [2.75, 3.05) is 31.2 Å². The second-order valence-corrected chi connectivity index (χ2v) is 6.63. The molecule has 0 amide bonds. The second kappa shape index (κ2) is 9.03. The highest BCUT2D eigenvalue weighted by atomic mass is 35.5. The molecule has 1 heterocycles. The number of halogens is 2. The predicted octanol–water partition coefficient (Wildman–Crippen LogP) is 4.29. The van der Waals surface area contributed by atoms with Gasteiger partial charge in [-0.1, -0.05) is 40.5 Å². The molecule has 1 aliphatic heterocycles. The van der Waals surface area contributed by atoms with Crippen LogP contribution in [0, 0.1) is 10.1 Å². The van der Waals surface area contributed by atoms with E-state index < -0.39 is 4.92 Å². The lowest BCUT2D eigenvalue weighted by molar-refractivity contribution is -0.384. The van der Waals surface area contributed by atoms with Gasteiger partial charge in [-0.15, -0.1) is 0 Å². The molecule has 9 heteroatoms. The fourth-order valence-corrected chi connectivity index (χ4v) is 3.22. The van der Waals surface area contributed by atoms with E-state index in [-0.39, 0.29) is 12.3 Å². The molecule has 0 saturated carbocycles. The van der Waals surface area contributed by atoms with Gasteiger partial charge in [0, 0.05) is 40.3 Å². The molecule has 0 atom stereocenters. The van der Waals surface area contributed by atoms with Crippen LogP contribution < -0.4 is 4.90 Å². The van der Waals surface area contributed by atoms with Crippen LogP contribution in [0.5, 0.6) is 0 Å². The van der Waals surface area contributed by atoms with Crippen molar-refractivity contribution in [1.29, 1.82) is 0 Å². The number of nitrogens with zero attached hydrogens (tertiary/aromatic N) is 3. The van der Waals surface area contributed by atoms with Crippen LogP contribution in [0.25, 0.3) is 0 Å². The van der Waals surface area contributed by atoms with Crippen LogP contribution in [0.1, 0.15) is 11.1 Å². The van der Waals surface area contributed by atoms with Crippen LogP contribution in [0.4, 0.5) is 11.4 Å². The minimum atomic E-state index is -0.396. The molecule has 0 radical (unpaired) electrons. The first-order valence-electron chi connectivity index (χ1n) is 8.25. The molecule has 0 aliphatic carbocycles. The summed E-state index contributed by atoms with van der Waals surface area (Å²) in [6, 6.07) is 10.1. The van der Waals surface area contributed by atoms with Crippen molar-refractivity contribution in [2.45, 2.75) is 6.61 Å². The van der Waals surface area contributed by atoms with E-state index in [9.17, 15) is 10.1 Å². The van der Waals surface area contributed by atoms with E-state index in [2.05, 4.69) is 5.16 Å². The van der Waals surface area contributed by atoms with Crippen molar-refractivity contribution in [1.82, 2.24) is 0 Å². The third-order valence-corrected chi connectivity index (χ3v) is 4.80. The molecule has 2 aromatic rings. The van der Waals surface area contributed by atoms with Gasteiger partial charge in [0.15, 0.2) is 0 Å². The van der Waals surface area contributed by atoms with E-state index in [1.165, 1.54) is 12.3 Å². The highest BCUT2D eigenvalue weighted by molar-refractivity contribution is 6.35. The van der Waals surface area contributed by atoms with Crippen LogP contribution in [0.2, 0.25) is 10.0 Å². The van der Waals surface area contributed by atoms with Crippen LogP contribution in [-0.4, -0.2) is 37.4 Å². The van der Waals surface area contributed by atoms with E-state index in [0.717, 1.165) is 0 Å². The molecule has 2 aromatic carbocycles. The van der Waals surface area contributed by atoms with Crippen molar-refractivity contribution < 1.29 is 14.5 Å². The minimum Gasteiger partial charge on any atom is -0.391 e. The number of oxime groups is 1. The SMILES string of the molecule is O=[N+]([O-])c1cc(/C=N\OCc2c(Cl)cccc2Cl)ccc1N1CCOCC1. The Balaban J connectivity index is 1.70. The summed E-state index contributed by atoms with van der Waals surface area (Å²) in [6.07, 6.45) is 1.42. The number of ether oxygens (including phenoxy) is 1. The van der Waals surface area contributed by atoms with E-state index in [0.29, 0.717) is 53.2 Å². The van der Waals surface area contributed by atoms with Crippen molar-refractivity contribution in [2.24, 2.45) is 5.16 Å². The Morgan fingerprint density at radius 2 is 1.93 bits per heavy atom. The average Bonchev–Trinajstić information content (AvgIpc) is 2.67. The Kier molecular flexibility index (Phi) is 6.49. The molecule has 1 fully saturated rings. The highest BCUT2D eigenvalue weighted by Crippen LogP contribution is 2.29. The topological polar surface area (TPSA) is 77.2 Å². The van der Waals surface area contributed by atoms with Crippen LogP contribution in [-0.2, 0) is 16.2 Å². The molecule has 3 rings (SSSR count). The van der Waals surface area contributed by atoms with Crippen LogP contribution in [0.15, 0.2) is 41.6 Å². The van der Waals surface area contributed by atoms with E-state index in [1.54, 1.807) is 30.3 Å². The summed E-state index contributed by atoms with van der Waals surface area (Å²) in [5.74, 6) is 0. The minimum absolute atomic E-state index is 0.0231. The van der Waals surface area contributed by atoms with E-state index >= 15 is 0 Å². The maximum Gasteiger partial charge on any atom is 0.293 e. The zero-order valence-electron chi connectivity index (χ0n) is 14.3. The van der Waals surface area contributed by atoms with Crippen LogP contribution >= 0.6 is 23.2 Å². The van der Waals surface area contributed by atoms with Gasteiger partial charge in [-0.3, -0.25) is 10.1 Å². The van der Waals surface area contributed by atoms with Gasteiger partial charge in [0.1, 0.15) is 12.3 Å². The Labute approximate surface area is 166 Å². The number of anilines is 1. The normalized spacial score (nSPS) is 14.5. The summed E-state index contributed by atoms with van der Waals surface area (Å²) >= 11 is 12.1. The molecule has 0 bridgehead atoms. The predicted molar refractivity (Wildman–Crippen MR) is 105 cm³/mol. The highest BCUT2D eigenvalue weighted by Gasteiger charge is 2.21. The van der Waals surface area contributed by atoms with Gasteiger partial charge in [0.05, 0.1) is 24.4 Å². The molecule has 1 aliphatic rings. The van der Waals surface area contributed by atoms with Crippen molar-refractivity contribution in [3.8, 4) is 0 Å². The van der Waals surface area contributed by atoms with Gasteiger partial charge in [-0.05, 0) is 18.2 Å². The Morgan fingerprint density at radius 3 is 2.59 bits per heavy atom. The molecule has 142 valence electrons. The van der Waals surface area contributed by atoms with Crippen molar-refractivity contribution in [3.63, 3.8) is 0 Å². The number of nitro groups is 1. The lowest BCUT2D eigenvalue weighted by atomic mass is 10.1. The largest absolute Gasteiger partial charge is 0.391 e. The van der Waals surface area contributed by atoms with E-state index in [4.69, 9.17) is 32.8 Å². The molecule has 0 unspecified atom stereocenters. The van der Waals surface area contributed by atoms with Gasteiger partial charge in [0.2, 0.25) is 0 Å². The molecular formula is C18H17Cl2N3O4. The number of hydrogen-bond donors (Lipinski definition) is 0. The molecule has 27 heavy (non-hydrogen) atoms. The average molecular weight is 410 g/mol. The zero-order chi connectivity index (χ0) is 19.2. The summed E-state index contributed by atoms with van der Waals surface area (Å²) in [5.41, 5.74) is 1.79. The molecule has 0 spiro atoms. The van der Waals surface area contributed by atoms with Crippen molar-refractivity contribution >= 4 is 40.8 Å². The second-order valence-electron chi connectivity index (χ2n) is 5.81. The quantitative estimate of drug-likeness (QED) is 0.404. The first-order valence-corrected chi connectivity index (χ1v) is 9.01. The third-order valence-electron chi connectivity index (χ3n) is 4.09. The number of hydrogen-bond acceptors (Lipinski definition) is 6. The van der Waals surface area contributed by atoms with Gasteiger partial charge >= 0.3 is 0 Å². The Hall–Kier alpha value is -2.35. The summed E-state index contributed by atoms with van der Waals surface area (Å²) < 4.78 is 5.30. The lowest BCUT2D eigenvalue weighted by Crippen LogP contribution is -2.36. The molecule has 0 N–H and O–H groups in total. The van der Waals surface area contributed by atoms with Crippen molar-refractivity contribution in [3.05, 3.63) is 67.7 Å². The standard InChI is InChI=1S/C18H17Cl2N3O4/c19-15-2-1-3-16(20)14(15)12-27-21-11-13-4-5-17(18(10-13)23(24)25)22-6-8-26-9-7-22/h1-5,10-11H,6-9,12H2/b21-11-. The summed E-state index contributed by atoms with van der Waals surface area (Å²) in [7, 11) is 0. The van der Waals surface area contributed by atoms with E-state index in [1.807, 2.05) is 4.90 Å². The maximum absolute atomic E-state index is 11.4. The number of benzene rings is 2. The fraction of sp³-hybridized carbons (Fsp3) is 0.278. The molecule has 7 nitrogen and oxygen atoms in total.